The van der Waals surface area contributed by atoms with Gasteiger partial charge < -0.3 is 14.6 Å². The van der Waals surface area contributed by atoms with E-state index in [-0.39, 0.29) is 18.0 Å². The van der Waals surface area contributed by atoms with Crippen LogP contribution in [0.25, 0.3) is 0 Å². The summed E-state index contributed by atoms with van der Waals surface area (Å²) in [4.78, 5) is 10.8. The highest BCUT2D eigenvalue weighted by molar-refractivity contribution is 5.94. The first-order valence-electron chi connectivity index (χ1n) is 3.19. The van der Waals surface area contributed by atoms with Gasteiger partial charge in [0, 0.05) is 20.3 Å². The van der Waals surface area contributed by atoms with E-state index in [4.69, 9.17) is 9.47 Å². The van der Waals surface area contributed by atoms with Crippen molar-refractivity contribution in [2.45, 2.75) is 12.2 Å². The summed E-state index contributed by atoms with van der Waals surface area (Å²) in [5, 5.41) is 9.20. The molecule has 0 saturated heterocycles. The second-order valence-corrected chi connectivity index (χ2v) is 2.33. The molecule has 0 heterocycles. The second kappa shape index (κ2) is 2.64. The summed E-state index contributed by atoms with van der Waals surface area (Å²) in [5.41, 5.74) is 0. The van der Waals surface area contributed by atoms with Crippen molar-refractivity contribution in [3.8, 4) is 0 Å². The van der Waals surface area contributed by atoms with Crippen molar-refractivity contribution < 1.29 is 19.4 Å². The smallest absolute Gasteiger partial charge is 0.234 e. The van der Waals surface area contributed by atoms with Crippen LogP contribution in [0, 0.1) is 0 Å². The molecular weight excluding hydrogens is 148 g/mol. The van der Waals surface area contributed by atoms with Crippen molar-refractivity contribution in [1.29, 1.82) is 0 Å². The largest absolute Gasteiger partial charge is 0.507 e. The predicted octanol–water partition coefficient (Wildman–Crippen LogP) is 0.390. The normalized spacial score (nSPS) is 22.0. The van der Waals surface area contributed by atoms with Crippen molar-refractivity contribution in [2.24, 2.45) is 0 Å². The highest BCUT2D eigenvalue weighted by Gasteiger charge is 2.42. The molecule has 4 heteroatoms. The Labute approximate surface area is 64.4 Å². The number of rotatable bonds is 2. The van der Waals surface area contributed by atoms with Crippen LogP contribution in [0.15, 0.2) is 11.8 Å². The second-order valence-electron chi connectivity index (χ2n) is 2.33. The molecule has 62 valence electrons. The van der Waals surface area contributed by atoms with Gasteiger partial charge in [0.1, 0.15) is 0 Å². The van der Waals surface area contributed by atoms with E-state index in [1.807, 2.05) is 0 Å². The monoisotopic (exact) mass is 158 g/mol. The highest BCUT2D eigenvalue weighted by atomic mass is 16.7. The van der Waals surface area contributed by atoms with Crippen LogP contribution in [0.1, 0.15) is 6.42 Å². The van der Waals surface area contributed by atoms with Gasteiger partial charge in [-0.2, -0.15) is 0 Å². The molecule has 11 heavy (non-hydrogen) atoms. The standard InChI is InChI=1S/C7H10O4/c1-10-7(11-2)4-5(8)3-6(7)9/h3,9H,4H2,1-2H3. The molecule has 1 aliphatic carbocycles. The summed E-state index contributed by atoms with van der Waals surface area (Å²) in [6.07, 6.45) is 1.17. The summed E-state index contributed by atoms with van der Waals surface area (Å²) in [6.45, 7) is 0. The van der Waals surface area contributed by atoms with Gasteiger partial charge in [-0.15, -0.1) is 0 Å². The summed E-state index contributed by atoms with van der Waals surface area (Å²) in [7, 11) is 2.76. The molecule has 0 atom stereocenters. The molecule has 0 saturated carbocycles. The Balaban J connectivity index is 2.88. The zero-order chi connectivity index (χ0) is 8.48. The van der Waals surface area contributed by atoms with Crippen molar-refractivity contribution in [3.05, 3.63) is 11.8 Å². The Morgan fingerprint density at radius 1 is 1.55 bits per heavy atom. The molecule has 1 rings (SSSR count). The minimum Gasteiger partial charge on any atom is -0.507 e. The molecule has 0 aromatic carbocycles. The van der Waals surface area contributed by atoms with Crippen molar-refractivity contribution in [3.63, 3.8) is 0 Å². The minimum absolute atomic E-state index is 0.0475. The lowest BCUT2D eigenvalue weighted by atomic mass is 10.2. The fourth-order valence-electron chi connectivity index (χ4n) is 1.07. The number of hydrogen-bond donors (Lipinski definition) is 1. The van der Waals surface area contributed by atoms with Crippen molar-refractivity contribution >= 4 is 5.78 Å². The number of methoxy groups -OCH3 is 2. The number of carbonyl (C=O) groups excluding carboxylic acids is 1. The van der Waals surface area contributed by atoms with Gasteiger partial charge in [-0.1, -0.05) is 0 Å². The molecule has 0 bridgehead atoms. The van der Waals surface area contributed by atoms with Crippen molar-refractivity contribution in [2.75, 3.05) is 14.2 Å². The molecule has 4 nitrogen and oxygen atoms in total. The molecule has 0 aromatic heterocycles. The summed E-state index contributed by atoms with van der Waals surface area (Å²) >= 11 is 0. The number of aliphatic hydroxyl groups is 1. The van der Waals surface area contributed by atoms with E-state index in [1.165, 1.54) is 14.2 Å². The number of carbonyl (C=O) groups is 1. The summed E-state index contributed by atoms with van der Waals surface area (Å²) in [5.74, 6) is -1.57. The van der Waals surface area contributed by atoms with Crippen molar-refractivity contribution in [1.82, 2.24) is 0 Å². The van der Waals surface area contributed by atoms with Gasteiger partial charge >= 0.3 is 0 Å². The lowest BCUT2D eigenvalue weighted by Crippen LogP contribution is -2.34. The first kappa shape index (κ1) is 8.23. The molecule has 0 spiro atoms. The lowest BCUT2D eigenvalue weighted by molar-refractivity contribution is -0.194. The molecule has 1 N–H and O–H groups in total. The predicted molar refractivity (Wildman–Crippen MR) is 37.1 cm³/mol. The number of ether oxygens (including phenoxy) is 2. The molecule has 0 aromatic rings. The van der Waals surface area contributed by atoms with E-state index >= 15 is 0 Å². The summed E-state index contributed by atoms with van der Waals surface area (Å²) in [6, 6.07) is 0. The first-order valence-corrected chi connectivity index (χ1v) is 3.19. The van der Waals surface area contributed by atoms with Gasteiger partial charge in [-0.05, 0) is 0 Å². The quantitative estimate of drug-likeness (QED) is 0.590. The Bertz CT molecular complexity index is 202. The number of hydrogen-bond acceptors (Lipinski definition) is 4. The van der Waals surface area contributed by atoms with Crippen LogP contribution < -0.4 is 0 Å². The van der Waals surface area contributed by atoms with E-state index in [9.17, 15) is 9.90 Å². The SMILES string of the molecule is COC1(OC)CC(=O)C=C1O. The maximum absolute atomic E-state index is 10.8. The molecular formula is C7H10O4. The third kappa shape index (κ3) is 1.15. The van der Waals surface area contributed by atoms with Crippen LogP contribution in [0.2, 0.25) is 0 Å². The fraction of sp³-hybridized carbons (Fsp3) is 0.571. The highest BCUT2D eigenvalue weighted by Crippen LogP contribution is 2.30. The topological polar surface area (TPSA) is 55.8 Å². The van der Waals surface area contributed by atoms with Crippen LogP contribution in [0.4, 0.5) is 0 Å². The third-order valence-corrected chi connectivity index (χ3v) is 1.75. The van der Waals surface area contributed by atoms with Crippen LogP contribution in [-0.4, -0.2) is 30.9 Å². The Morgan fingerprint density at radius 3 is 2.27 bits per heavy atom. The van der Waals surface area contributed by atoms with E-state index < -0.39 is 5.79 Å². The zero-order valence-electron chi connectivity index (χ0n) is 6.46. The molecule has 0 amide bonds. The van der Waals surface area contributed by atoms with Crippen LogP contribution >= 0.6 is 0 Å². The lowest BCUT2D eigenvalue weighted by Gasteiger charge is -2.24. The molecule has 0 radical (unpaired) electrons. The molecule has 0 unspecified atom stereocenters. The maximum atomic E-state index is 10.8. The van der Waals surface area contributed by atoms with Gasteiger partial charge in [0.2, 0.25) is 5.79 Å². The average Bonchev–Trinajstić information content (AvgIpc) is 2.27. The zero-order valence-corrected chi connectivity index (χ0v) is 6.46. The Hall–Kier alpha value is -0.870. The number of allylic oxidation sites excluding steroid dienone is 1. The van der Waals surface area contributed by atoms with Crippen LogP contribution in [0.5, 0.6) is 0 Å². The molecule has 0 fully saturated rings. The summed E-state index contributed by atoms with van der Waals surface area (Å²) < 4.78 is 9.74. The van der Waals surface area contributed by atoms with E-state index in [0.29, 0.717) is 0 Å². The van der Waals surface area contributed by atoms with E-state index in [2.05, 4.69) is 0 Å². The van der Waals surface area contributed by atoms with E-state index in [1.54, 1.807) is 0 Å². The average molecular weight is 158 g/mol. The van der Waals surface area contributed by atoms with Crippen LogP contribution in [0.3, 0.4) is 0 Å². The third-order valence-electron chi connectivity index (χ3n) is 1.75. The van der Waals surface area contributed by atoms with Crippen LogP contribution in [-0.2, 0) is 14.3 Å². The minimum atomic E-state index is -1.23. The number of ketones is 1. The van der Waals surface area contributed by atoms with Gasteiger partial charge in [-0.3, -0.25) is 4.79 Å². The fourth-order valence-corrected chi connectivity index (χ4v) is 1.07. The molecule has 0 aliphatic heterocycles. The Kier molecular flexibility index (Phi) is 1.97. The maximum Gasteiger partial charge on any atom is 0.234 e. The first-order chi connectivity index (χ1) is 5.14. The molecule has 1 aliphatic rings. The van der Waals surface area contributed by atoms with Gasteiger partial charge in [0.05, 0.1) is 6.42 Å². The van der Waals surface area contributed by atoms with Gasteiger partial charge in [0.25, 0.3) is 0 Å². The number of aliphatic hydroxyl groups excluding tert-OH is 1. The Morgan fingerprint density at radius 2 is 2.09 bits per heavy atom. The van der Waals surface area contributed by atoms with Gasteiger partial charge in [0.15, 0.2) is 11.5 Å². The van der Waals surface area contributed by atoms with E-state index in [0.717, 1.165) is 6.08 Å². The van der Waals surface area contributed by atoms with Gasteiger partial charge in [-0.25, -0.2) is 0 Å².